The van der Waals surface area contributed by atoms with Crippen LogP contribution >= 0.6 is 11.8 Å². The second-order valence-electron chi connectivity index (χ2n) is 7.46. The Bertz CT molecular complexity index is 971. The van der Waals surface area contributed by atoms with Gasteiger partial charge in [-0.2, -0.15) is 0 Å². The third-order valence-electron chi connectivity index (χ3n) is 4.93. The summed E-state index contributed by atoms with van der Waals surface area (Å²) in [5, 5.41) is 9.37. The predicted octanol–water partition coefficient (Wildman–Crippen LogP) is 5.84. The van der Waals surface area contributed by atoms with Crippen LogP contribution in [0.25, 0.3) is 0 Å². The zero-order valence-corrected chi connectivity index (χ0v) is 19.3. The minimum Gasteiger partial charge on any atom is -0.489 e. The van der Waals surface area contributed by atoms with Crippen molar-refractivity contribution in [3.63, 3.8) is 0 Å². The molecule has 32 heavy (non-hydrogen) atoms. The van der Waals surface area contributed by atoms with E-state index in [1.54, 1.807) is 11.8 Å². The van der Waals surface area contributed by atoms with E-state index in [4.69, 9.17) is 9.47 Å². The third-order valence-corrected chi connectivity index (χ3v) is 5.97. The Morgan fingerprint density at radius 2 is 1.69 bits per heavy atom. The summed E-state index contributed by atoms with van der Waals surface area (Å²) in [6, 6.07) is 24.1. The second kappa shape index (κ2) is 12.9. The van der Waals surface area contributed by atoms with Gasteiger partial charge in [-0.15, -0.1) is 11.8 Å². The number of aliphatic hydroxyl groups is 1. The molecule has 5 heteroatoms. The molecule has 0 bridgehead atoms. The van der Waals surface area contributed by atoms with Crippen molar-refractivity contribution in [3.8, 4) is 11.5 Å². The van der Waals surface area contributed by atoms with Crippen LogP contribution in [0.1, 0.15) is 36.5 Å². The normalized spacial score (nSPS) is 10.7. The Kier molecular flexibility index (Phi) is 9.66. The van der Waals surface area contributed by atoms with Gasteiger partial charge in [0, 0.05) is 18.8 Å². The maximum atomic E-state index is 12.1. The molecular weight excluding hydrogens is 420 g/mol. The molecule has 4 nitrogen and oxygen atoms in total. The molecule has 3 aromatic rings. The molecule has 0 amide bonds. The van der Waals surface area contributed by atoms with Crippen LogP contribution in [-0.4, -0.2) is 23.4 Å². The fourth-order valence-electron chi connectivity index (χ4n) is 3.25. The molecule has 168 valence electrons. The van der Waals surface area contributed by atoms with Crippen molar-refractivity contribution < 1.29 is 19.4 Å². The van der Waals surface area contributed by atoms with E-state index >= 15 is 0 Å². The van der Waals surface area contributed by atoms with Gasteiger partial charge in [0.15, 0.2) is 0 Å². The van der Waals surface area contributed by atoms with Crippen LogP contribution in [0.3, 0.4) is 0 Å². The van der Waals surface area contributed by atoms with Crippen molar-refractivity contribution >= 4 is 17.7 Å². The van der Waals surface area contributed by atoms with Crippen LogP contribution in [-0.2, 0) is 24.2 Å². The van der Waals surface area contributed by atoms with Crippen molar-refractivity contribution in [2.75, 3.05) is 12.4 Å². The first kappa shape index (κ1) is 23.9. The standard InChI is InChI=1S/C27H30O4S/c1-2-7-26(29)31-27-23(16-18-28)10-6-11-25(27)32-19-17-21-12-14-24(15-13-21)30-20-22-8-4-3-5-9-22/h3-6,8-15,28H,2,7,16-20H2,1H3. The van der Waals surface area contributed by atoms with Gasteiger partial charge in [-0.3, -0.25) is 4.79 Å². The molecule has 3 rings (SSSR count). The van der Waals surface area contributed by atoms with Crippen LogP contribution in [0.4, 0.5) is 0 Å². The molecule has 0 aliphatic carbocycles. The lowest BCUT2D eigenvalue weighted by Crippen LogP contribution is -2.10. The Balaban J connectivity index is 1.56. The van der Waals surface area contributed by atoms with E-state index in [1.165, 1.54) is 5.56 Å². The van der Waals surface area contributed by atoms with Gasteiger partial charge >= 0.3 is 5.97 Å². The molecule has 1 N–H and O–H groups in total. The molecule has 0 radical (unpaired) electrons. The number of carbonyl (C=O) groups excluding carboxylic acids is 1. The lowest BCUT2D eigenvalue weighted by Gasteiger charge is -2.14. The Labute approximate surface area is 194 Å². The smallest absolute Gasteiger partial charge is 0.311 e. The number of hydrogen-bond donors (Lipinski definition) is 1. The monoisotopic (exact) mass is 450 g/mol. The average Bonchev–Trinajstić information content (AvgIpc) is 2.81. The van der Waals surface area contributed by atoms with Crippen LogP contribution in [0.15, 0.2) is 77.7 Å². The molecule has 0 aromatic heterocycles. The summed E-state index contributed by atoms with van der Waals surface area (Å²) >= 11 is 1.66. The number of rotatable bonds is 12. The number of hydrogen-bond acceptors (Lipinski definition) is 5. The van der Waals surface area contributed by atoms with Gasteiger partial charge in [0.05, 0.1) is 4.90 Å². The topological polar surface area (TPSA) is 55.8 Å². The van der Waals surface area contributed by atoms with E-state index in [2.05, 4.69) is 24.3 Å². The van der Waals surface area contributed by atoms with Gasteiger partial charge in [-0.05, 0) is 54.2 Å². The van der Waals surface area contributed by atoms with Gasteiger partial charge in [0.1, 0.15) is 18.1 Å². The molecular formula is C27H30O4S. The van der Waals surface area contributed by atoms with Crippen LogP contribution in [0, 0.1) is 0 Å². The largest absolute Gasteiger partial charge is 0.489 e. The van der Waals surface area contributed by atoms with E-state index in [0.717, 1.165) is 40.4 Å². The summed E-state index contributed by atoms with van der Waals surface area (Å²) in [6.07, 6.45) is 2.48. The number of esters is 1. The summed E-state index contributed by atoms with van der Waals surface area (Å²) in [5.41, 5.74) is 3.23. The molecule has 3 aromatic carbocycles. The molecule has 0 unspecified atom stereocenters. The van der Waals surface area contributed by atoms with E-state index in [0.29, 0.717) is 25.2 Å². The minimum atomic E-state index is -0.231. The van der Waals surface area contributed by atoms with Crippen molar-refractivity contribution in [1.29, 1.82) is 0 Å². The molecule has 0 spiro atoms. The maximum Gasteiger partial charge on any atom is 0.311 e. The van der Waals surface area contributed by atoms with E-state index < -0.39 is 0 Å². The number of ether oxygens (including phenoxy) is 2. The van der Waals surface area contributed by atoms with Crippen LogP contribution < -0.4 is 9.47 Å². The number of aliphatic hydroxyl groups excluding tert-OH is 1. The zero-order chi connectivity index (χ0) is 22.6. The molecule has 0 saturated heterocycles. The zero-order valence-electron chi connectivity index (χ0n) is 18.5. The second-order valence-corrected chi connectivity index (χ2v) is 8.60. The number of benzene rings is 3. The molecule has 0 atom stereocenters. The lowest BCUT2D eigenvalue weighted by molar-refractivity contribution is -0.134. The summed E-state index contributed by atoms with van der Waals surface area (Å²) in [5.74, 6) is 2.07. The number of thioether (sulfide) groups is 1. The maximum absolute atomic E-state index is 12.1. The highest BCUT2D eigenvalue weighted by Crippen LogP contribution is 2.34. The summed E-state index contributed by atoms with van der Waals surface area (Å²) < 4.78 is 11.5. The minimum absolute atomic E-state index is 0.0190. The average molecular weight is 451 g/mol. The summed E-state index contributed by atoms with van der Waals surface area (Å²) in [4.78, 5) is 13.0. The van der Waals surface area contributed by atoms with Crippen molar-refractivity contribution in [3.05, 3.63) is 89.5 Å². The first-order chi connectivity index (χ1) is 15.7. The van der Waals surface area contributed by atoms with Crippen LogP contribution in [0.5, 0.6) is 11.5 Å². The molecule has 0 aliphatic heterocycles. The number of carbonyl (C=O) groups is 1. The van der Waals surface area contributed by atoms with Crippen molar-refractivity contribution in [2.24, 2.45) is 0 Å². The molecule has 0 aliphatic rings. The van der Waals surface area contributed by atoms with Crippen molar-refractivity contribution in [2.45, 2.75) is 44.1 Å². The SMILES string of the molecule is CCCC(=O)Oc1c(CCO)cccc1SCCc1ccc(OCc2ccccc2)cc1. The fraction of sp³-hybridized carbons (Fsp3) is 0.296. The highest BCUT2D eigenvalue weighted by atomic mass is 32.2. The van der Waals surface area contributed by atoms with Gasteiger partial charge in [0.25, 0.3) is 0 Å². The lowest BCUT2D eigenvalue weighted by atomic mass is 10.1. The first-order valence-electron chi connectivity index (χ1n) is 11.0. The van der Waals surface area contributed by atoms with Crippen LogP contribution in [0.2, 0.25) is 0 Å². The van der Waals surface area contributed by atoms with E-state index in [1.807, 2.05) is 55.5 Å². The van der Waals surface area contributed by atoms with Crippen molar-refractivity contribution in [1.82, 2.24) is 0 Å². The Hall–Kier alpha value is -2.76. The Morgan fingerprint density at radius 1 is 0.906 bits per heavy atom. The predicted molar refractivity (Wildman–Crippen MR) is 129 cm³/mol. The number of aryl methyl sites for hydroxylation is 1. The highest BCUT2D eigenvalue weighted by molar-refractivity contribution is 7.99. The van der Waals surface area contributed by atoms with E-state index in [9.17, 15) is 9.90 Å². The number of para-hydroxylation sites is 1. The fourth-order valence-corrected chi connectivity index (χ4v) is 4.29. The Morgan fingerprint density at radius 3 is 2.41 bits per heavy atom. The van der Waals surface area contributed by atoms with Gasteiger partial charge in [0.2, 0.25) is 0 Å². The highest BCUT2D eigenvalue weighted by Gasteiger charge is 2.14. The van der Waals surface area contributed by atoms with Gasteiger partial charge < -0.3 is 14.6 Å². The van der Waals surface area contributed by atoms with Gasteiger partial charge in [-0.25, -0.2) is 0 Å². The third kappa shape index (κ3) is 7.43. The summed E-state index contributed by atoms with van der Waals surface area (Å²) in [7, 11) is 0. The quantitative estimate of drug-likeness (QED) is 0.213. The van der Waals surface area contributed by atoms with E-state index in [-0.39, 0.29) is 12.6 Å². The first-order valence-corrected chi connectivity index (χ1v) is 12.0. The molecule has 0 saturated carbocycles. The van der Waals surface area contributed by atoms with Gasteiger partial charge in [-0.1, -0.05) is 61.5 Å². The summed E-state index contributed by atoms with van der Waals surface area (Å²) in [6.45, 7) is 2.53. The molecule has 0 heterocycles. The molecule has 0 fully saturated rings.